The molecule has 1 aromatic carbocycles. The smallest absolute Gasteiger partial charge is 0.336 e. The maximum Gasteiger partial charge on any atom is 0.336 e. The van der Waals surface area contributed by atoms with E-state index in [1.165, 1.54) is 0 Å². The highest BCUT2D eigenvalue weighted by Gasteiger charge is 2.36. The van der Waals surface area contributed by atoms with E-state index in [-0.39, 0.29) is 18.4 Å². The van der Waals surface area contributed by atoms with Crippen LogP contribution in [0.25, 0.3) is 0 Å². The monoisotopic (exact) mass is 393 g/mol. The number of hydrogen-bond donors (Lipinski definition) is 3. The van der Waals surface area contributed by atoms with E-state index in [2.05, 4.69) is 15.3 Å². The molecule has 1 atom stereocenters. The number of benzene rings is 1. The largest absolute Gasteiger partial charge is 0.463 e. The predicted octanol–water partition coefficient (Wildman–Crippen LogP) is 3.34. The third kappa shape index (κ3) is 3.15. The number of anilines is 3. The summed E-state index contributed by atoms with van der Waals surface area (Å²) in [6.45, 7) is 3.74. The van der Waals surface area contributed by atoms with E-state index in [4.69, 9.17) is 39.4 Å². The van der Waals surface area contributed by atoms with Crippen LogP contribution in [0.1, 0.15) is 30.9 Å². The van der Waals surface area contributed by atoms with Gasteiger partial charge in [0.15, 0.2) is 0 Å². The summed E-state index contributed by atoms with van der Waals surface area (Å²) in [6.07, 6.45) is 0. The van der Waals surface area contributed by atoms with E-state index < -0.39 is 11.9 Å². The van der Waals surface area contributed by atoms with E-state index in [0.717, 1.165) is 0 Å². The molecule has 0 aliphatic carbocycles. The molecule has 3 rings (SSSR count). The van der Waals surface area contributed by atoms with Crippen molar-refractivity contribution in [2.45, 2.75) is 19.8 Å². The van der Waals surface area contributed by atoms with E-state index in [1.54, 1.807) is 32.0 Å². The third-order valence-electron chi connectivity index (χ3n) is 4.05. The van der Waals surface area contributed by atoms with Gasteiger partial charge < -0.3 is 21.5 Å². The van der Waals surface area contributed by atoms with Gasteiger partial charge in [0.05, 0.1) is 28.1 Å². The Balaban J connectivity index is 2.27. The molecule has 2 heterocycles. The SMILES string of the molecule is CCOC(=O)C1=C(C)Nc2nc(N)nc(N)c2C1c1ccc(Cl)c(Cl)c1. The topological polar surface area (TPSA) is 116 Å². The van der Waals surface area contributed by atoms with Gasteiger partial charge in [-0.2, -0.15) is 9.97 Å². The van der Waals surface area contributed by atoms with Gasteiger partial charge in [-0.15, -0.1) is 0 Å². The van der Waals surface area contributed by atoms with E-state index in [1.807, 2.05) is 0 Å². The lowest BCUT2D eigenvalue weighted by molar-refractivity contribution is -0.138. The Morgan fingerprint density at radius 3 is 2.65 bits per heavy atom. The van der Waals surface area contributed by atoms with Gasteiger partial charge in [-0.1, -0.05) is 29.3 Å². The van der Waals surface area contributed by atoms with E-state index in [0.29, 0.717) is 38.3 Å². The molecule has 0 saturated carbocycles. The Morgan fingerprint density at radius 1 is 1.27 bits per heavy atom. The number of carbonyl (C=O) groups excluding carboxylic acids is 1. The number of carbonyl (C=O) groups is 1. The van der Waals surface area contributed by atoms with Crippen LogP contribution in [0.15, 0.2) is 29.5 Å². The average molecular weight is 394 g/mol. The summed E-state index contributed by atoms with van der Waals surface area (Å²) in [5, 5.41) is 3.83. The number of fused-ring (bicyclic) bond motifs is 1. The Hall–Kier alpha value is -2.51. The van der Waals surface area contributed by atoms with Crippen LogP contribution in [-0.2, 0) is 9.53 Å². The van der Waals surface area contributed by atoms with Crippen molar-refractivity contribution in [1.82, 2.24) is 9.97 Å². The summed E-state index contributed by atoms with van der Waals surface area (Å²) in [6, 6.07) is 5.12. The van der Waals surface area contributed by atoms with Gasteiger partial charge in [0.1, 0.15) is 11.6 Å². The van der Waals surface area contributed by atoms with Crippen molar-refractivity contribution in [3.8, 4) is 0 Å². The van der Waals surface area contributed by atoms with Gasteiger partial charge in [-0.3, -0.25) is 0 Å². The maximum absolute atomic E-state index is 12.6. The number of nitrogens with zero attached hydrogens (tertiary/aromatic N) is 2. The molecule has 136 valence electrons. The molecule has 1 aromatic heterocycles. The van der Waals surface area contributed by atoms with Gasteiger partial charge in [0, 0.05) is 11.3 Å². The number of allylic oxidation sites excluding steroid dienone is 1. The molecule has 0 bridgehead atoms. The van der Waals surface area contributed by atoms with Crippen LogP contribution in [0.3, 0.4) is 0 Å². The first kappa shape index (κ1) is 18.3. The molecule has 5 N–H and O–H groups in total. The minimum atomic E-state index is -0.569. The van der Waals surface area contributed by atoms with Crippen LogP contribution in [0, 0.1) is 0 Å². The molecule has 0 radical (unpaired) electrons. The molecule has 0 amide bonds. The molecule has 0 saturated heterocycles. The number of aromatic nitrogens is 2. The molecule has 2 aromatic rings. The molecule has 1 aliphatic heterocycles. The summed E-state index contributed by atoms with van der Waals surface area (Å²) in [7, 11) is 0. The summed E-state index contributed by atoms with van der Waals surface area (Å²) in [5.74, 6) is -0.382. The lowest BCUT2D eigenvalue weighted by Gasteiger charge is -2.30. The highest BCUT2D eigenvalue weighted by Crippen LogP contribution is 2.44. The fourth-order valence-corrected chi connectivity index (χ4v) is 3.30. The second kappa shape index (κ2) is 7.01. The molecular weight excluding hydrogens is 377 g/mol. The van der Waals surface area contributed by atoms with Crippen LogP contribution in [0.2, 0.25) is 10.0 Å². The van der Waals surface area contributed by atoms with Gasteiger partial charge >= 0.3 is 5.97 Å². The Kier molecular flexibility index (Phi) is 4.93. The van der Waals surface area contributed by atoms with Gasteiger partial charge in [0.25, 0.3) is 0 Å². The number of halogens is 2. The zero-order valence-electron chi connectivity index (χ0n) is 14.1. The quantitative estimate of drug-likeness (QED) is 0.684. The molecule has 7 nitrogen and oxygen atoms in total. The lowest BCUT2D eigenvalue weighted by atomic mass is 9.82. The Bertz CT molecular complexity index is 930. The fourth-order valence-electron chi connectivity index (χ4n) is 3.00. The van der Waals surface area contributed by atoms with E-state index >= 15 is 0 Å². The molecule has 0 spiro atoms. The zero-order chi connectivity index (χ0) is 19.0. The second-order valence-corrected chi connectivity index (χ2v) is 6.53. The number of hydrogen-bond acceptors (Lipinski definition) is 7. The number of ether oxygens (including phenoxy) is 1. The molecule has 9 heteroatoms. The van der Waals surface area contributed by atoms with Crippen LogP contribution < -0.4 is 16.8 Å². The van der Waals surface area contributed by atoms with Crippen LogP contribution in [0.5, 0.6) is 0 Å². The van der Waals surface area contributed by atoms with Crippen molar-refractivity contribution in [3.63, 3.8) is 0 Å². The zero-order valence-corrected chi connectivity index (χ0v) is 15.6. The molecular formula is C17H17Cl2N5O2. The van der Waals surface area contributed by atoms with Crippen LogP contribution >= 0.6 is 23.2 Å². The number of nitrogen functional groups attached to an aromatic ring is 2. The van der Waals surface area contributed by atoms with Crippen molar-refractivity contribution in [2.24, 2.45) is 0 Å². The fraction of sp³-hybridized carbons (Fsp3) is 0.235. The van der Waals surface area contributed by atoms with Crippen molar-refractivity contribution in [2.75, 3.05) is 23.4 Å². The van der Waals surface area contributed by atoms with Crippen molar-refractivity contribution in [1.29, 1.82) is 0 Å². The van der Waals surface area contributed by atoms with E-state index in [9.17, 15) is 4.79 Å². The minimum absolute atomic E-state index is 0.0361. The van der Waals surface area contributed by atoms with Crippen LogP contribution in [0.4, 0.5) is 17.6 Å². The first-order valence-corrected chi connectivity index (χ1v) is 8.61. The summed E-state index contributed by atoms with van der Waals surface area (Å²) in [4.78, 5) is 20.9. The van der Waals surface area contributed by atoms with Gasteiger partial charge in [-0.25, -0.2) is 4.79 Å². The maximum atomic E-state index is 12.6. The molecule has 1 unspecified atom stereocenters. The Morgan fingerprint density at radius 2 is 2.00 bits per heavy atom. The molecule has 0 fully saturated rings. The summed E-state index contributed by atoms with van der Waals surface area (Å²) in [5.41, 5.74) is 14.1. The third-order valence-corrected chi connectivity index (χ3v) is 4.79. The Labute approximate surface area is 160 Å². The number of nitrogens with one attached hydrogen (secondary N) is 1. The normalized spacial score (nSPS) is 16.1. The average Bonchev–Trinajstić information content (AvgIpc) is 2.56. The first-order valence-electron chi connectivity index (χ1n) is 7.86. The van der Waals surface area contributed by atoms with Crippen molar-refractivity contribution in [3.05, 3.63) is 50.6 Å². The molecule has 1 aliphatic rings. The summed E-state index contributed by atoms with van der Waals surface area (Å²) >= 11 is 12.2. The van der Waals surface area contributed by atoms with Gasteiger partial charge in [-0.05, 0) is 31.5 Å². The number of rotatable bonds is 3. The highest BCUT2D eigenvalue weighted by atomic mass is 35.5. The predicted molar refractivity (Wildman–Crippen MR) is 102 cm³/mol. The van der Waals surface area contributed by atoms with Crippen molar-refractivity contribution >= 4 is 46.8 Å². The van der Waals surface area contributed by atoms with Gasteiger partial charge in [0.2, 0.25) is 5.95 Å². The van der Waals surface area contributed by atoms with Crippen LogP contribution in [-0.4, -0.2) is 22.5 Å². The number of nitrogens with two attached hydrogens (primary N) is 2. The number of esters is 1. The lowest BCUT2D eigenvalue weighted by Crippen LogP contribution is -2.26. The summed E-state index contributed by atoms with van der Waals surface area (Å²) < 4.78 is 5.23. The molecule has 26 heavy (non-hydrogen) atoms. The minimum Gasteiger partial charge on any atom is -0.463 e. The first-order chi connectivity index (χ1) is 12.3. The standard InChI is InChI=1S/C17H17Cl2N5O2/c1-3-26-16(25)11-7(2)22-15-13(14(20)23-17(21)24-15)12(11)8-4-5-9(18)10(19)6-8/h4-6,12H,3H2,1-2H3,(H5,20,21,22,23,24). The highest BCUT2D eigenvalue weighted by molar-refractivity contribution is 6.42. The second-order valence-electron chi connectivity index (χ2n) is 5.72. The van der Waals surface area contributed by atoms with Crippen molar-refractivity contribution < 1.29 is 9.53 Å².